The van der Waals surface area contributed by atoms with Crippen LogP contribution in [0.4, 0.5) is 0 Å². The first-order valence-electron chi connectivity index (χ1n) is 3.26. The van der Waals surface area contributed by atoms with E-state index in [4.69, 9.17) is 16.9 Å². The van der Waals surface area contributed by atoms with E-state index in [1.807, 2.05) is 6.07 Å². The van der Waals surface area contributed by atoms with Crippen LogP contribution in [0, 0.1) is 11.3 Å². The first-order valence-corrected chi connectivity index (χ1v) is 5.74. The minimum Gasteiger partial charge on any atom is -1.00 e. The molecule has 12 heavy (non-hydrogen) atoms. The smallest absolute Gasteiger partial charge is 1.00 e. The molecule has 1 aromatic rings. The first-order chi connectivity index (χ1) is 5.29. The van der Waals surface area contributed by atoms with E-state index in [0.717, 1.165) is 33.9 Å². The topological polar surface area (TPSA) is 23.8 Å². The van der Waals surface area contributed by atoms with Gasteiger partial charge < -0.3 is 17.0 Å². The van der Waals surface area contributed by atoms with Gasteiger partial charge in [0.2, 0.25) is 0 Å². The number of benzene rings is 1. The van der Waals surface area contributed by atoms with Gasteiger partial charge in [-0.25, -0.2) is 0 Å². The van der Waals surface area contributed by atoms with Crippen molar-refractivity contribution in [3.63, 3.8) is 0 Å². The molecule has 0 N–H and O–H groups in total. The number of hydrogen-bond acceptors (Lipinski definition) is 1. The van der Waals surface area contributed by atoms with Crippen LogP contribution < -0.4 is 17.0 Å². The average Bonchev–Trinajstić information content (AvgIpc) is 2.04. The van der Waals surface area contributed by atoms with Crippen molar-refractivity contribution in [2.45, 2.75) is 5.02 Å². The molecule has 0 aliphatic heterocycles. The molecule has 58 valence electrons. The number of nitriles is 1. The van der Waals surface area contributed by atoms with Crippen molar-refractivity contribution < 1.29 is 35.3 Å². The molecule has 0 fully saturated rings. The van der Waals surface area contributed by atoms with E-state index in [2.05, 4.69) is 6.07 Å². The van der Waals surface area contributed by atoms with Crippen molar-refractivity contribution in [2.75, 3.05) is 0 Å². The summed E-state index contributed by atoms with van der Waals surface area (Å²) in [6.45, 7) is 0. The molecule has 0 atom stereocenters. The maximum Gasteiger partial charge on any atom is -1.00 e. The molecule has 0 aliphatic rings. The molecule has 0 amide bonds. The molecule has 1 nitrogen and oxygen atoms in total. The summed E-state index contributed by atoms with van der Waals surface area (Å²) in [5, 5.41) is 10.3. The van der Waals surface area contributed by atoms with Crippen LogP contribution in [0.1, 0.15) is 11.1 Å². The second-order valence-corrected chi connectivity index (χ2v) is 3.58. The standard InChI is InChI=1S/C8H5ClN.BrH.Zn/c1-6-7(5-10)3-2-4-8(6)9;;/h2-4H,1H2;1H;/q;;+1/p-1. The van der Waals surface area contributed by atoms with Gasteiger partial charge in [0.25, 0.3) is 0 Å². The molecule has 0 aliphatic carbocycles. The van der Waals surface area contributed by atoms with Crippen molar-refractivity contribution in [1.82, 2.24) is 0 Å². The molecule has 4 heteroatoms. The fraction of sp³-hybridized carbons (Fsp3) is 0.125. The minimum absolute atomic E-state index is 0. The Balaban J connectivity index is 0.00000121. The summed E-state index contributed by atoms with van der Waals surface area (Å²) < 4.78 is 0. The Morgan fingerprint density at radius 2 is 2.17 bits per heavy atom. The fourth-order valence-corrected chi connectivity index (χ4v) is 2.65. The Bertz CT molecular complexity index is 308. The van der Waals surface area contributed by atoms with Gasteiger partial charge >= 0.3 is 80.6 Å². The van der Waals surface area contributed by atoms with Crippen LogP contribution >= 0.6 is 11.6 Å². The number of rotatable bonds is 1. The molecule has 0 aromatic heterocycles. The Morgan fingerprint density at radius 1 is 1.50 bits per heavy atom. The largest absolute Gasteiger partial charge is 1.00 e. The van der Waals surface area contributed by atoms with Crippen molar-refractivity contribution >= 4 is 11.6 Å². The van der Waals surface area contributed by atoms with Crippen LogP contribution in [0.2, 0.25) is 5.02 Å². The molecule has 0 saturated heterocycles. The van der Waals surface area contributed by atoms with Gasteiger partial charge in [0, 0.05) is 0 Å². The third-order valence-corrected chi connectivity index (χ3v) is 2.89. The molecule has 0 saturated carbocycles. The zero-order valence-corrected chi connectivity index (χ0v) is 11.7. The quantitative estimate of drug-likeness (QED) is 0.626. The summed E-state index contributed by atoms with van der Waals surface area (Å²) >= 11 is 7.01. The summed E-state index contributed by atoms with van der Waals surface area (Å²) in [6, 6.07) is 7.56. The van der Waals surface area contributed by atoms with Crippen LogP contribution in [0.3, 0.4) is 0 Å². The summed E-state index contributed by atoms with van der Waals surface area (Å²) in [5.74, 6) is 0. The van der Waals surface area contributed by atoms with Crippen LogP contribution in [0.25, 0.3) is 0 Å². The molecule has 0 spiro atoms. The second-order valence-electron chi connectivity index (χ2n) is 2.13. The Hall–Kier alpha value is 0.103. The molecule has 0 unspecified atom stereocenters. The predicted molar refractivity (Wildman–Crippen MR) is 39.9 cm³/mol. The Kier molecular flexibility index (Phi) is 5.75. The van der Waals surface area contributed by atoms with Crippen LogP contribution in [-0.2, 0) is 23.3 Å². The van der Waals surface area contributed by atoms with Crippen LogP contribution in [-0.4, -0.2) is 0 Å². The molecular formula is C8H5BrClNZn. The molecule has 1 rings (SSSR count). The van der Waals surface area contributed by atoms with E-state index >= 15 is 0 Å². The fourth-order valence-electron chi connectivity index (χ4n) is 0.917. The zero-order valence-electron chi connectivity index (χ0n) is 6.35. The van der Waals surface area contributed by atoms with Gasteiger partial charge in [-0.1, -0.05) is 0 Å². The van der Waals surface area contributed by atoms with Gasteiger partial charge in [-0.2, -0.15) is 0 Å². The number of nitrogens with zero attached hydrogens (tertiary/aromatic N) is 1. The predicted octanol–water partition coefficient (Wildman–Crippen LogP) is -0.738. The molecular weight excluding hydrogens is 291 g/mol. The van der Waals surface area contributed by atoms with Crippen molar-refractivity contribution in [3.05, 3.63) is 34.3 Å². The summed E-state index contributed by atoms with van der Waals surface area (Å²) in [5.41, 5.74) is 1.71. The third kappa shape index (κ3) is 2.55. The van der Waals surface area contributed by atoms with Gasteiger partial charge in [0.1, 0.15) is 0 Å². The monoisotopic (exact) mass is 293 g/mol. The second kappa shape index (κ2) is 5.70. The van der Waals surface area contributed by atoms with Gasteiger partial charge in [-0.05, 0) is 0 Å². The van der Waals surface area contributed by atoms with Gasteiger partial charge in [-0.15, -0.1) is 0 Å². The maximum atomic E-state index is 8.68. The molecule has 0 bridgehead atoms. The molecule has 0 radical (unpaired) electrons. The average molecular weight is 296 g/mol. The zero-order chi connectivity index (χ0) is 8.27. The van der Waals surface area contributed by atoms with Crippen molar-refractivity contribution in [2.24, 2.45) is 0 Å². The van der Waals surface area contributed by atoms with E-state index in [0.29, 0.717) is 5.56 Å². The summed E-state index contributed by atoms with van der Waals surface area (Å²) in [6.07, 6.45) is 0. The SMILES string of the molecule is N#Cc1cccc(Cl)c1[CH2][Zn+].[Br-]. The number of hydrogen-bond donors (Lipinski definition) is 0. The minimum atomic E-state index is 0. The Labute approximate surface area is 97.2 Å². The maximum absolute atomic E-state index is 8.68. The Morgan fingerprint density at radius 3 is 2.58 bits per heavy atom. The van der Waals surface area contributed by atoms with Gasteiger partial charge in [-0.3, -0.25) is 0 Å². The van der Waals surface area contributed by atoms with Crippen LogP contribution in [0.5, 0.6) is 0 Å². The van der Waals surface area contributed by atoms with E-state index in [-0.39, 0.29) is 17.0 Å². The van der Waals surface area contributed by atoms with Crippen molar-refractivity contribution in [1.29, 1.82) is 5.26 Å². The van der Waals surface area contributed by atoms with Gasteiger partial charge in [0.05, 0.1) is 0 Å². The van der Waals surface area contributed by atoms with E-state index in [1.54, 1.807) is 12.1 Å². The van der Waals surface area contributed by atoms with E-state index in [9.17, 15) is 0 Å². The first kappa shape index (κ1) is 12.1. The van der Waals surface area contributed by atoms with E-state index in [1.165, 1.54) is 0 Å². The molecule has 1 aromatic carbocycles. The summed E-state index contributed by atoms with van der Waals surface area (Å²) in [4.78, 5) is 0. The van der Waals surface area contributed by atoms with Crippen LogP contribution in [0.15, 0.2) is 18.2 Å². The van der Waals surface area contributed by atoms with Gasteiger partial charge in [0.15, 0.2) is 0 Å². The van der Waals surface area contributed by atoms with E-state index < -0.39 is 0 Å². The molecule has 0 heterocycles. The normalized spacial score (nSPS) is 8.50. The third-order valence-electron chi connectivity index (χ3n) is 1.49. The summed E-state index contributed by atoms with van der Waals surface area (Å²) in [7, 11) is 0. The number of halogens is 2. The van der Waals surface area contributed by atoms with Crippen molar-refractivity contribution in [3.8, 4) is 6.07 Å².